The van der Waals surface area contributed by atoms with Crippen LogP contribution in [-0.4, -0.2) is 48.7 Å². The summed E-state index contributed by atoms with van der Waals surface area (Å²) in [5.41, 5.74) is -0.470. The molecule has 21 heavy (non-hydrogen) atoms. The maximum absolute atomic E-state index is 12.6. The largest absolute Gasteiger partial charge is 0.465 e. The van der Waals surface area contributed by atoms with E-state index in [0.717, 1.165) is 32.2 Å². The van der Waals surface area contributed by atoms with Gasteiger partial charge in [-0.05, 0) is 73.4 Å². The van der Waals surface area contributed by atoms with E-state index in [9.17, 15) is 4.79 Å². The summed E-state index contributed by atoms with van der Waals surface area (Å²) in [7, 11) is 2.15. The molecular weight excluding hydrogens is 264 g/mol. The molecule has 0 aromatic carbocycles. The van der Waals surface area contributed by atoms with Gasteiger partial charge in [0.25, 0.3) is 0 Å². The van der Waals surface area contributed by atoms with E-state index >= 15 is 0 Å². The van der Waals surface area contributed by atoms with E-state index in [1.54, 1.807) is 0 Å². The molecule has 4 heteroatoms. The van der Waals surface area contributed by atoms with Gasteiger partial charge in [0.1, 0.15) is 5.54 Å². The van der Waals surface area contributed by atoms with Crippen LogP contribution in [0, 0.1) is 5.92 Å². The number of carbonyl (C=O) groups excluding carboxylic acids is 1. The average molecular weight is 298 g/mol. The molecule has 1 aliphatic carbocycles. The lowest BCUT2D eigenvalue weighted by Crippen LogP contribution is -2.58. The summed E-state index contributed by atoms with van der Waals surface area (Å²) >= 11 is 0. The molecule has 1 rings (SSSR count). The summed E-state index contributed by atoms with van der Waals surface area (Å²) in [5, 5.41) is 3.55. The van der Waals surface area contributed by atoms with Gasteiger partial charge in [-0.2, -0.15) is 0 Å². The molecule has 1 saturated carbocycles. The van der Waals surface area contributed by atoms with Crippen LogP contribution >= 0.6 is 0 Å². The molecule has 0 aromatic heterocycles. The highest BCUT2D eigenvalue weighted by Crippen LogP contribution is 2.39. The van der Waals surface area contributed by atoms with E-state index < -0.39 is 5.54 Å². The van der Waals surface area contributed by atoms with Gasteiger partial charge in [-0.25, -0.2) is 0 Å². The van der Waals surface area contributed by atoms with Crippen molar-refractivity contribution in [2.24, 2.45) is 5.92 Å². The third kappa shape index (κ3) is 4.68. The number of nitrogens with one attached hydrogen (secondary N) is 1. The number of hydrogen-bond acceptors (Lipinski definition) is 4. The molecule has 2 atom stereocenters. The van der Waals surface area contributed by atoms with Gasteiger partial charge in [0, 0.05) is 12.1 Å². The molecule has 0 saturated heterocycles. The van der Waals surface area contributed by atoms with Crippen LogP contribution < -0.4 is 5.32 Å². The molecule has 0 aromatic rings. The molecular formula is C17H34N2O2. The van der Waals surface area contributed by atoms with Gasteiger partial charge in [0.2, 0.25) is 0 Å². The van der Waals surface area contributed by atoms with E-state index in [0.29, 0.717) is 18.6 Å². The third-order valence-corrected chi connectivity index (χ3v) is 4.72. The minimum Gasteiger partial charge on any atom is -0.465 e. The van der Waals surface area contributed by atoms with Gasteiger partial charge >= 0.3 is 5.97 Å². The van der Waals surface area contributed by atoms with Crippen LogP contribution in [0.15, 0.2) is 0 Å². The Hall–Kier alpha value is -0.610. The van der Waals surface area contributed by atoms with Crippen molar-refractivity contribution in [2.75, 3.05) is 20.2 Å². The van der Waals surface area contributed by atoms with Crippen molar-refractivity contribution in [3.63, 3.8) is 0 Å². The lowest BCUT2D eigenvalue weighted by Gasteiger charge is -2.37. The van der Waals surface area contributed by atoms with Crippen LogP contribution in [-0.2, 0) is 9.53 Å². The second-order valence-corrected chi connectivity index (χ2v) is 6.94. The van der Waals surface area contributed by atoms with Gasteiger partial charge in [-0.15, -0.1) is 0 Å². The van der Waals surface area contributed by atoms with Crippen LogP contribution in [0.25, 0.3) is 0 Å². The average Bonchev–Trinajstić information content (AvgIpc) is 2.79. The lowest BCUT2D eigenvalue weighted by atomic mass is 9.83. The molecule has 1 aliphatic rings. The summed E-state index contributed by atoms with van der Waals surface area (Å²) < 4.78 is 5.40. The Balaban J connectivity index is 2.81. The fourth-order valence-electron chi connectivity index (χ4n) is 3.38. The quantitative estimate of drug-likeness (QED) is 0.700. The first-order valence-corrected chi connectivity index (χ1v) is 8.48. The molecule has 1 fully saturated rings. The monoisotopic (exact) mass is 298 g/mol. The Kier molecular flexibility index (Phi) is 7.14. The van der Waals surface area contributed by atoms with Gasteiger partial charge in [0.15, 0.2) is 0 Å². The number of ether oxygens (including phenoxy) is 1. The highest BCUT2D eigenvalue weighted by molar-refractivity contribution is 5.82. The standard InChI is InChI=1S/C17H34N2O2/c1-7-21-16(20)17(18-13(2)3)11-8-9-15(17)10-12-19(6)14(4)5/h13-15,18H,7-12H2,1-6H3. The van der Waals surface area contributed by atoms with Crippen LogP contribution in [0.4, 0.5) is 0 Å². The summed E-state index contributed by atoms with van der Waals surface area (Å²) in [6, 6.07) is 0.833. The van der Waals surface area contributed by atoms with Gasteiger partial charge in [0.05, 0.1) is 6.61 Å². The summed E-state index contributed by atoms with van der Waals surface area (Å²) in [6.45, 7) is 12.0. The van der Waals surface area contributed by atoms with E-state index in [-0.39, 0.29) is 12.0 Å². The number of nitrogens with zero attached hydrogens (tertiary/aromatic N) is 1. The zero-order valence-electron chi connectivity index (χ0n) is 14.7. The normalized spacial score (nSPS) is 26.0. The Bertz CT molecular complexity index is 331. The highest BCUT2D eigenvalue weighted by Gasteiger charge is 2.49. The van der Waals surface area contributed by atoms with Gasteiger partial charge < -0.3 is 9.64 Å². The number of carbonyl (C=O) groups is 1. The van der Waals surface area contributed by atoms with E-state index in [1.165, 1.54) is 0 Å². The molecule has 4 nitrogen and oxygen atoms in total. The summed E-state index contributed by atoms with van der Waals surface area (Å²) in [4.78, 5) is 14.9. The van der Waals surface area contributed by atoms with E-state index in [1.807, 2.05) is 6.92 Å². The zero-order valence-corrected chi connectivity index (χ0v) is 14.7. The number of hydrogen-bond donors (Lipinski definition) is 1. The van der Waals surface area contributed by atoms with E-state index in [4.69, 9.17) is 4.74 Å². The topological polar surface area (TPSA) is 41.6 Å². The van der Waals surface area contributed by atoms with Crippen molar-refractivity contribution in [1.82, 2.24) is 10.2 Å². The molecule has 124 valence electrons. The lowest BCUT2D eigenvalue weighted by molar-refractivity contribution is -0.153. The molecule has 2 unspecified atom stereocenters. The number of esters is 1. The van der Waals surface area contributed by atoms with Gasteiger partial charge in [-0.3, -0.25) is 10.1 Å². The molecule has 0 heterocycles. The molecule has 0 bridgehead atoms. The first-order chi connectivity index (χ1) is 9.83. The van der Waals surface area contributed by atoms with E-state index in [2.05, 4.69) is 45.0 Å². The highest BCUT2D eigenvalue weighted by atomic mass is 16.5. The van der Waals surface area contributed by atoms with Crippen molar-refractivity contribution >= 4 is 5.97 Å². The molecule has 1 N–H and O–H groups in total. The predicted octanol–water partition coefficient (Wildman–Crippen LogP) is 2.82. The van der Waals surface area contributed by atoms with Crippen LogP contribution in [0.3, 0.4) is 0 Å². The molecule has 0 amide bonds. The SMILES string of the molecule is CCOC(=O)C1(NC(C)C)CCCC1CCN(C)C(C)C. The van der Waals surface area contributed by atoms with Crippen LogP contribution in [0.2, 0.25) is 0 Å². The summed E-state index contributed by atoms with van der Waals surface area (Å²) in [6.07, 6.45) is 4.17. The Morgan fingerprint density at radius 1 is 1.38 bits per heavy atom. The number of rotatable bonds is 8. The molecule has 0 radical (unpaired) electrons. The zero-order chi connectivity index (χ0) is 16.0. The Morgan fingerprint density at radius 3 is 2.57 bits per heavy atom. The van der Waals surface area contributed by atoms with Crippen molar-refractivity contribution in [3.05, 3.63) is 0 Å². The Morgan fingerprint density at radius 2 is 2.05 bits per heavy atom. The Labute approximate surface area is 130 Å². The van der Waals surface area contributed by atoms with Crippen LogP contribution in [0.5, 0.6) is 0 Å². The first-order valence-electron chi connectivity index (χ1n) is 8.48. The van der Waals surface area contributed by atoms with Crippen molar-refractivity contribution in [1.29, 1.82) is 0 Å². The minimum absolute atomic E-state index is 0.0478. The molecule has 0 aliphatic heterocycles. The van der Waals surface area contributed by atoms with Gasteiger partial charge in [-0.1, -0.05) is 6.42 Å². The maximum atomic E-state index is 12.6. The maximum Gasteiger partial charge on any atom is 0.326 e. The second-order valence-electron chi connectivity index (χ2n) is 6.94. The third-order valence-electron chi connectivity index (χ3n) is 4.72. The summed E-state index contributed by atoms with van der Waals surface area (Å²) in [5.74, 6) is 0.327. The van der Waals surface area contributed by atoms with Crippen molar-refractivity contribution < 1.29 is 9.53 Å². The smallest absolute Gasteiger partial charge is 0.326 e. The van der Waals surface area contributed by atoms with Crippen molar-refractivity contribution in [2.45, 2.75) is 77.9 Å². The second kappa shape index (κ2) is 8.14. The van der Waals surface area contributed by atoms with Crippen molar-refractivity contribution in [3.8, 4) is 0 Å². The molecule has 0 spiro atoms. The van der Waals surface area contributed by atoms with Crippen LogP contribution in [0.1, 0.15) is 60.3 Å². The fraction of sp³-hybridized carbons (Fsp3) is 0.941. The minimum atomic E-state index is -0.470. The first kappa shape index (κ1) is 18.4. The predicted molar refractivity (Wildman–Crippen MR) is 87.4 cm³/mol. The fourth-order valence-corrected chi connectivity index (χ4v) is 3.38.